The first-order chi connectivity index (χ1) is 11.4. The molecule has 1 spiro atoms. The third-order valence-corrected chi connectivity index (χ3v) is 4.16. The number of rotatable bonds is 3. The van der Waals surface area contributed by atoms with E-state index in [9.17, 15) is 14.4 Å². The standard InChI is InChI=1S/C17H19N3O4/c1-4-24-15(22)13-8-17(19-18-13)9-14(21)20(16(17)23)12-6-10(2)5-11(3)7-12/h5-7,19H,4,8-9H2,1-3H3/t17-/m0/s1. The van der Waals surface area contributed by atoms with E-state index in [0.717, 1.165) is 11.1 Å². The van der Waals surface area contributed by atoms with E-state index in [0.29, 0.717) is 5.69 Å². The molecule has 2 heterocycles. The van der Waals surface area contributed by atoms with Crippen LogP contribution < -0.4 is 10.3 Å². The summed E-state index contributed by atoms with van der Waals surface area (Å²) >= 11 is 0. The second-order valence-corrected chi connectivity index (χ2v) is 6.21. The topological polar surface area (TPSA) is 88.1 Å². The fourth-order valence-corrected chi connectivity index (χ4v) is 3.18. The van der Waals surface area contributed by atoms with Gasteiger partial charge in [-0.1, -0.05) is 6.07 Å². The van der Waals surface area contributed by atoms with E-state index < -0.39 is 11.5 Å². The maximum atomic E-state index is 12.9. The van der Waals surface area contributed by atoms with Crippen molar-refractivity contribution in [2.45, 2.75) is 39.2 Å². The number of hydrogen-bond acceptors (Lipinski definition) is 6. The number of esters is 1. The molecule has 126 valence electrons. The van der Waals surface area contributed by atoms with Crippen LogP contribution in [0.2, 0.25) is 0 Å². The molecule has 7 nitrogen and oxygen atoms in total. The minimum absolute atomic E-state index is 0.0365. The van der Waals surface area contributed by atoms with E-state index in [1.165, 1.54) is 4.90 Å². The molecule has 1 saturated heterocycles. The van der Waals surface area contributed by atoms with E-state index >= 15 is 0 Å². The Bertz CT molecular complexity index is 751. The lowest BCUT2D eigenvalue weighted by molar-refractivity contribution is -0.135. The summed E-state index contributed by atoms with van der Waals surface area (Å²) in [5, 5.41) is 3.93. The van der Waals surface area contributed by atoms with Gasteiger partial charge < -0.3 is 4.74 Å². The summed E-state index contributed by atoms with van der Waals surface area (Å²) in [6.45, 7) is 5.75. The summed E-state index contributed by atoms with van der Waals surface area (Å²) in [4.78, 5) is 38.4. The summed E-state index contributed by atoms with van der Waals surface area (Å²) in [6.07, 6.45) is 0.0168. The Morgan fingerprint density at radius 2 is 1.92 bits per heavy atom. The first-order valence-electron chi connectivity index (χ1n) is 7.83. The van der Waals surface area contributed by atoms with Gasteiger partial charge in [-0.3, -0.25) is 15.0 Å². The zero-order chi connectivity index (χ0) is 17.5. The number of aryl methyl sites for hydroxylation is 2. The second-order valence-electron chi connectivity index (χ2n) is 6.21. The molecule has 3 rings (SSSR count). The number of carbonyl (C=O) groups is 3. The molecule has 1 atom stereocenters. The quantitative estimate of drug-likeness (QED) is 0.665. The predicted octanol–water partition coefficient (Wildman–Crippen LogP) is 1.22. The van der Waals surface area contributed by atoms with Crippen LogP contribution in [-0.4, -0.2) is 35.6 Å². The largest absolute Gasteiger partial charge is 0.461 e. The maximum Gasteiger partial charge on any atom is 0.354 e. The van der Waals surface area contributed by atoms with Crippen molar-refractivity contribution in [3.63, 3.8) is 0 Å². The zero-order valence-corrected chi connectivity index (χ0v) is 13.9. The number of hydrogen-bond donors (Lipinski definition) is 1. The van der Waals surface area contributed by atoms with Crippen LogP contribution in [0, 0.1) is 13.8 Å². The van der Waals surface area contributed by atoms with E-state index in [-0.39, 0.29) is 37.0 Å². The monoisotopic (exact) mass is 329 g/mol. The average molecular weight is 329 g/mol. The molecule has 0 aromatic heterocycles. The van der Waals surface area contributed by atoms with E-state index in [2.05, 4.69) is 10.5 Å². The van der Waals surface area contributed by atoms with Gasteiger partial charge in [0.25, 0.3) is 5.91 Å². The van der Waals surface area contributed by atoms with Crippen molar-refractivity contribution in [3.05, 3.63) is 29.3 Å². The van der Waals surface area contributed by atoms with Gasteiger partial charge in [-0.15, -0.1) is 0 Å². The van der Waals surface area contributed by atoms with Crippen molar-refractivity contribution in [1.29, 1.82) is 0 Å². The van der Waals surface area contributed by atoms with Gasteiger partial charge in [-0.25, -0.2) is 9.69 Å². The number of nitrogens with zero attached hydrogens (tertiary/aromatic N) is 2. The first-order valence-corrected chi connectivity index (χ1v) is 7.83. The number of anilines is 1. The Morgan fingerprint density at radius 3 is 2.54 bits per heavy atom. The summed E-state index contributed by atoms with van der Waals surface area (Å²) < 4.78 is 4.91. The fraction of sp³-hybridized carbons (Fsp3) is 0.412. The van der Waals surface area contributed by atoms with Crippen LogP contribution in [0.3, 0.4) is 0 Å². The summed E-state index contributed by atoms with van der Waals surface area (Å²) in [5.74, 6) is -1.26. The van der Waals surface area contributed by atoms with E-state index in [4.69, 9.17) is 4.74 Å². The second kappa shape index (κ2) is 5.74. The normalized spacial score (nSPS) is 22.8. The Morgan fingerprint density at radius 1 is 1.25 bits per heavy atom. The number of nitrogens with one attached hydrogen (secondary N) is 1. The van der Waals surface area contributed by atoms with Crippen LogP contribution in [0.5, 0.6) is 0 Å². The van der Waals surface area contributed by atoms with E-state index in [1.807, 2.05) is 19.9 Å². The van der Waals surface area contributed by atoms with Crippen LogP contribution in [0.25, 0.3) is 0 Å². The number of ether oxygens (including phenoxy) is 1. The van der Waals surface area contributed by atoms with Crippen LogP contribution in [0.1, 0.15) is 30.9 Å². The van der Waals surface area contributed by atoms with Gasteiger partial charge >= 0.3 is 5.97 Å². The molecule has 24 heavy (non-hydrogen) atoms. The highest BCUT2D eigenvalue weighted by Crippen LogP contribution is 2.35. The van der Waals surface area contributed by atoms with Gasteiger partial charge in [0.05, 0.1) is 18.7 Å². The summed E-state index contributed by atoms with van der Waals surface area (Å²) in [6, 6.07) is 5.56. The van der Waals surface area contributed by atoms with Gasteiger partial charge in [0, 0.05) is 6.42 Å². The molecule has 2 aliphatic heterocycles. The third-order valence-electron chi connectivity index (χ3n) is 4.16. The lowest BCUT2D eigenvalue weighted by atomic mass is 9.92. The molecule has 2 aliphatic rings. The Hall–Kier alpha value is -2.70. The van der Waals surface area contributed by atoms with E-state index in [1.54, 1.807) is 19.1 Å². The smallest absolute Gasteiger partial charge is 0.354 e. The molecule has 0 radical (unpaired) electrons. The van der Waals surface area contributed by atoms with Gasteiger partial charge in [0.2, 0.25) is 5.91 Å². The maximum absolute atomic E-state index is 12.9. The highest BCUT2D eigenvalue weighted by Gasteiger charge is 2.56. The predicted molar refractivity (Wildman–Crippen MR) is 87.6 cm³/mol. The number of benzene rings is 1. The molecular formula is C17H19N3O4. The van der Waals surface area contributed by atoms with Crippen LogP contribution in [-0.2, 0) is 19.1 Å². The fourth-order valence-electron chi connectivity index (χ4n) is 3.18. The molecule has 7 heteroatoms. The lowest BCUT2D eigenvalue weighted by Crippen LogP contribution is -2.47. The average Bonchev–Trinajstić information content (AvgIpc) is 3.01. The van der Waals surface area contributed by atoms with Gasteiger partial charge in [0.1, 0.15) is 11.3 Å². The van der Waals surface area contributed by atoms with Crippen molar-refractivity contribution in [2.75, 3.05) is 11.5 Å². The minimum Gasteiger partial charge on any atom is -0.461 e. The van der Waals surface area contributed by atoms with Crippen molar-refractivity contribution < 1.29 is 19.1 Å². The van der Waals surface area contributed by atoms with Crippen molar-refractivity contribution in [3.8, 4) is 0 Å². The lowest BCUT2D eigenvalue weighted by Gasteiger charge is -2.21. The van der Waals surface area contributed by atoms with Crippen molar-refractivity contribution >= 4 is 29.2 Å². The van der Waals surface area contributed by atoms with Crippen molar-refractivity contribution in [1.82, 2.24) is 5.43 Å². The van der Waals surface area contributed by atoms with Crippen LogP contribution >= 0.6 is 0 Å². The summed E-state index contributed by atoms with van der Waals surface area (Å²) in [7, 11) is 0. The molecule has 0 unspecified atom stereocenters. The molecule has 0 saturated carbocycles. The number of carbonyl (C=O) groups excluding carboxylic acids is 3. The van der Waals surface area contributed by atoms with Gasteiger partial charge in [-0.2, -0.15) is 5.10 Å². The van der Waals surface area contributed by atoms with Crippen molar-refractivity contribution in [2.24, 2.45) is 5.10 Å². The molecule has 1 aromatic rings. The zero-order valence-electron chi connectivity index (χ0n) is 13.9. The SMILES string of the molecule is CCOC(=O)C1=NN[C@]2(CC(=O)N(c3cc(C)cc(C)c3)C2=O)C1. The minimum atomic E-state index is -1.18. The van der Waals surface area contributed by atoms with Crippen LogP contribution in [0.15, 0.2) is 23.3 Å². The summed E-state index contributed by atoms with van der Waals surface area (Å²) in [5.41, 5.74) is 4.14. The molecule has 1 N–H and O–H groups in total. The molecule has 0 bridgehead atoms. The van der Waals surface area contributed by atoms with Gasteiger partial charge in [-0.05, 0) is 44.0 Å². The Kier molecular flexibility index (Phi) is 3.87. The molecule has 1 fully saturated rings. The molecule has 2 amide bonds. The number of hydrazone groups is 1. The highest BCUT2D eigenvalue weighted by molar-refractivity contribution is 6.39. The Labute approximate surface area is 139 Å². The molecular weight excluding hydrogens is 310 g/mol. The van der Waals surface area contributed by atoms with Gasteiger partial charge in [0.15, 0.2) is 0 Å². The molecule has 1 aromatic carbocycles. The molecule has 0 aliphatic carbocycles. The Balaban J connectivity index is 1.87. The van der Waals surface area contributed by atoms with Crippen LogP contribution in [0.4, 0.5) is 5.69 Å². The first kappa shape index (κ1) is 16.2. The number of amides is 2. The third kappa shape index (κ3) is 2.55. The number of imide groups is 1. The highest BCUT2D eigenvalue weighted by atomic mass is 16.5.